The number of benzene rings is 2. The molecular formula is C24H24N2O5. The molecule has 1 N–H and O–H groups in total. The van der Waals surface area contributed by atoms with Gasteiger partial charge in [0.1, 0.15) is 11.5 Å². The van der Waals surface area contributed by atoms with Gasteiger partial charge in [-0.1, -0.05) is 18.2 Å². The predicted molar refractivity (Wildman–Crippen MR) is 117 cm³/mol. The normalized spacial score (nSPS) is 13.4. The smallest absolute Gasteiger partial charge is 0.339 e. The summed E-state index contributed by atoms with van der Waals surface area (Å²) >= 11 is 0. The molecule has 1 heterocycles. The Bertz CT molecular complexity index is 1160. The molecule has 1 aromatic heterocycles. The molecule has 1 unspecified atom stereocenters. The van der Waals surface area contributed by atoms with Crippen LogP contribution in [0.4, 0.5) is 5.69 Å². The van der Waals surface area contributed by atoms with Crippen LogP contribution in [0.2, 0.25) is 0 Å². The zero-order chi connectivity index (χ0) is 22.0. The van der Waals surface area contributed by atoms with Crippen molar-refractivity contribution in [3.63, 3.8) is 0 Å². The van der Waals surface area contributed by atoms with Crippen LogP contribution in [0, 0.1) is 0 Å². The van der Waals surface area contributed by atoms with Crippen LogP contribution in [0.25, 0.3) is 10.9 Å². The SMILES string of the molecule is COc1ccc(OC)c(NC(=O)C(C)OC(=O)c2c3c(nc4ccccc24)CCC3)c1. The highest BCUT2D eigenvalue weighted by Gasteiger charge is 2.27. The summed E-state index contributed by atoms with van der Waals surface area (Å²) in [6.07, 6.45) is 1.56. The lowest BCUT2D eigenvalue weighted by Crippen LogP contribution is -2.30. The van der Waals surface area contributed by atoms with Crippen molar-refractivity contribution in [1.82, 2.24) is 4.98 Å². The lowest BCUT2D eigenvalue weighted by molar-refractivity contribution is -0.123. The van der Waals surface area contributed by atoms with Crippen molar-refractivity contribution in [3.8, 4) is 11.5 Å². The molecule has 0 saturated carbocycles. The molecule has 0 aliphatic heterocycles. The Hall–Kier alpha value is -3.61. The molecule has 0 radical (unpaired) electrons. The van der Waals surface area contributed by atoms with E-state index < -0.39 is 18.0 Å². The van der Waals surface area contributed by atoms with Gasteiger partial charge in [-0.2, -0.15) is 0 Å². The molecule has 31 heavy (non-hydrogen) atoms. The van der Waals surface area contributed by atoms with Crippen LogP contribution in [0.3, 0.4) is 0 Å². The highest BCUT2D eigenvalue weighted by Crippen LogP contribution is 2.31. The van der Waals surface area contributed by atoms with Gasteiger partial charge in [0, 0.05) is 17.1 Å². The van der Waals surface area contributed by atoms with Gasteiger partial charge in [-0.25, -0.2) is 4.79 Å². The van der Waals surface area contributed by atoms with Crippen molar-refractivity contribution in [1.29, 1.82) is 0 Å². The van der Waals surface area contributed by atoms with Crippen molar-refractivity contribution >= 4 is 28.5 Å². The lowest BCUT2D eigenvalue weighted by atomic mass is 10.0. The van der Waals surface area contributed by atoms with Gasteiger partial charge in [0.2, 0.25) is 0 Å². The number of carbonyl (C=O) groups excluding carboxylic acids is 2. The number of aryl methyl sites for hydroxylation is 1. The Morgan fingerprint density at radius 1 is 1.06 bits per heavy atom. The second kappa shape index (κ2) is 8.63. The molecule has 1 atom stereocenters. The average molecular weight is 420 g/mol. The molecule has 1 amide bonds. The zero-order valence-corrected chi connectivity index (χ0v) is 17.7. The number of nitrogens with zero attached hydrogens (tertiary/aromatic N) is 1. The van der Waals surface area contributed by atoms with Gasteiger partial charge >= 0.3 is 5.97 Å². The fourth-order valence-corrected chi connectivity index (χ4v) is 3.86. The minimum atomic E-state index is -1.01. The minimum absolute atomic E-state index is 0.435. The van der Waals surface area contributed by atoms with Crippen LogP contribution in [0.1, 0.15) is 35.0 Å². The number of hydrogen-bond donors (Lipinski definition) is 1. The van der Waals surface area contributed by atoms with Crippen LogP contribution in [-0.2, 0) is 22.4 Å². The van der Waals surface area contributed by atoms with Crippen LogP contribution >= 0.6 is 0 Å². The fraction of sp³-hybridized carbons (Fsp3) is 0.292. The molecule has 7 heteroatoms. The molecule has 0 fully saturated rings. The third-order valence-corrected chi connectivity index (χ3v) is 5.44. The van der Waals surface area contributed by atoms with E-state index in [1.54, 1.807) is 25.1 Å². The van der Waals surface area contributed by atoms with E-state index in [0.29, 0.717) is 22.7 Å². The first-order valence-electron chi connectivity index (χ1n) is 10.2. The number of rotatable bonds is 6. The van der Waals surface area contributed by atoms with Gasteiger partial charge in [-0.15, -0.1) is 0 Å². The van der Waals surface area contributed by atoms with E-state index in [0.717, 1.165) is 41.4 Å². The third kappa shape index (κ3) is 4.03. The van der Waals surface area contributed by atoms with Crippen molar-refractivity contribution in [2.75, 3.05) is 19.5 Å². The Balaban J connectivity index is 1.57. The maximum absolute atomic E-state index is 13.1. The number of hydrogen-bond acceptors (Lipinski definition) is 6. The van der Waals surface area contributed by atoms with Gasteiger partial charge in [-0.05, 0) is 49.9 Å². The van der Waals surface area contributed by atoms with Crippen molar-refractivity contribution in [2.45, 2.75) is 32.3 Å². The Morgan fingerprint density at radius 3 is 2.65 bits per heavy atom. The number of pyridine rings is 1. The number of aromatic nitrogens is 1. The lowest BCUT2D eigenvalue weighted by Gasteiger charge is -2.17. The van der Waals surface area contributed by atoms with E-state index in [4.69, 9.17) is 19.2 Å². The quantitative estimate of drug-likeness (QED) is 0.608. The molecule has 3 aromatic rings. The number of nitrogens with one attached hydrogen (secondary N) is 1. The number of ether oxygens (including phenoxy) is 3. The van der Waals surface area contributed by atoms with Gasteiger partial charge in [0.05, 0.1) is 31.0 Å². The minimum Gasteiger partial charge on any atom is -0.497 e. The van der Waals surface area contributed by atoms with E-state index in [9.17, 15) is 9.59 Å². The average Bonchev–Trinajstić information content (AvgIpc) is 3.25. The van der Waals surface area contributed by atoms with E-state index in [-0.39, 0.29) is 0 Å². The van der Waals surface area contributed by atoms with Crippen molar-refractivity contribution in [3.05, 3.63) is 59.3 Å². The summed E-state index contributed by atoms with van der Waals surface area (Å²) in [4.78, 5) is 30.6. The van der Waals surface area contributed by atoms with Crippen LogP contribution < -0.4 is 14.8 Å². The van der Waals surface area contributed by atoms with E-state index >= 15 is 0 Å². The monoisotopic (exact) mass is 420 g/mol. The topological polar surface area (TPSA) is 86.8 Å². The van der Waals surface area contributed by atoms with Crippen LogP contribution in [0.15, 0.2) is 42.5 Å². The molecular weight excluding hydrogens is 396 g/mol. The second-order valence-electron chi connectivity index (χ2n) is 7.39. The number of carbonyl (C=O) groups is 2. The third-order valence-electron chi connectivity index (χ3n) is 5.44. The molecule has 7 nitrogen and oxygen atoms in total. The number of fused-ring (bicyclic) bond motifs is 2. The molecule has 4 rings (SSSR count). The summed E-state index contributed by atoms with van der Waals surface area (Å²) in [5, 5.41) is 3.49. The standard InChI is InChI=1S/C24H24N2O5/c1-14(23(27)26-20-13-15(29-2)11-12-21(20)30-3)31-24(28)22-16-7-4-5-9-18(16)25-19-10-6-8-17(19)22/h4-5,7,9,11-14H,6,8,10H2,1-3H3,(H,26,27). The van der Waals surface area contributed by atoms with E-state index in [2.05, 4.69) is 5.32 Å². The van der Waals surface area contributed by atoms with E-state index in [1.165, 1.54) is 14.2 Å². The number of methoxy groups -OCH3 is 2. The van der Waals surface area contributed by atoms with Crippen LogP contribution in [-0.4, -0.2) is 37.2 Å². The summed E-state index contributed by atoms with van der Waals surface area (Å²) in [6.45, 7) is 1.55. The maximum atomic E-state index is 13.1. The highest BCUT2D eigenvalue weighted by molar-refractivity contribution is 6.06. The van der Waals surface area contributed by atoms with Crippen LogP contribution in [0.5, 0.6) is 11.5 Å². The molecule has 160 valence electrons. The number of anilines is 1. The molecule has 0 saturated heterocycles. The molecule has 0 bridgehead atoms. The highest BCUT2D eigenvalue weighted by atomic mass is 16.5. The Labute approximate surface area is 180 Å². The van der Waals surface area contributed by atoms with Crippen molar-refractivity contribution < 1.29 is 23.8 Å². The number of amides is 1. The van der Waals surface area contributed by atoms with Gasteiger partial charge < -0.3 is 19.5 Å². The predicted octanol–water partition coefficient (Wildman–Crippen LogP) is 3.92. The largest absolute Gasteiger partial charge is 0.497 e. The molecule has 0 spiro atoms. The second-order valence-corrected chi connectivity index (χ2v) is 7.39. The summed E-state index contributed by atoms with van der Waals surface area (Å²) in [5.74, 6) is 0.0668. The summed E-state index contributed by atoms with van der Waals surface area (Å²) in [6, 6.07) is 12.6. The molecule has 1 aliphatic carbocycles. The summed E-state index contributed by atoms with van der Waals surface area (Å²) in [5.41, 5.74) is 3.56. The summed E-state index contributed by atoms with van der Waals surface area (Å²) in [7, 11) is 3.05. The first-order chi connectivity index (χ1) is 15.0. The fourth-order valence-electron chi connectivity index (χ4n) is 3.86. The Kier molecular flexibility index (Phi) is 5.75. The number of para-hydroxylation sites is 1. The van der Waals surface area contributed by atoms with Gasteiger partial charge in [-0.3, -0.25) is 9.78 Å². The summed E-state index contributed by atoms with van der Waals surface area (Å²) < 4.78 is 16.1. The molecule has 1 aliphatic rings. The maximum Gasteiger partial charge on any atom is 0.339 e. The van der Waals surface area contributed by atoms with Gasteiger partial charge in [0.25, 0.3) is 5.91 Å². The first-order valence-corrected chi connectivity index (χ1v) is 10.2. The first kappa shape index (κ1) is 20.7. The van der Waals surface area contributed by atoms with Gasteiger partial charge in [0.15, 0.2) is 6.10 Å². The molecule has 2 aromatic carbocycles. The van der Waals surface area contributed by atoms with Crippen molar-refractivity contribution in [2.24, 2.45) is 0 Å². The van der Waals surface area contributed by atoms with E-state index in [1.807, 2.05) is 24.3 Å². The number of esters is 1. The zero-order valence-electron chi connectivity index (χ0n) is 17.7. The Morgan fingerprint density at radius 2 is 1.87 bits per heavy atom.